The van der Waals surface area contributed by atoms with Crippen LogP contribution in [0, 0.1) is 5.92 Å². The summed E-state index contributed by atoms with van der Waals surface area (Å²) in [6.45, 7) is 1.60. The van der Waals surface area contributed by atoms with E-state index in [4.69, 9.17) is 0 Å². The Balaban J connectivity index is 2.61. The number of carbonyl (C=O) groups excluding carboxylic acids is 4. The predicted octanol–water partition coefficient (Wildman–Crippen LogP) is -0.271. The van der Waals surface area contributed by atoms with Gasteiger partial charge in [0.05, 0.1) is 0 Å². The molecule has 1 aliphatic rings. The number of nitrogens with zero attached hydrogens (tertiary/aromatic N) is 1. The van der Waals surface area contributed by atoms with Gasteiger partial charge in [-0.25, -0.2) is 4.79 Å². The molecular weight excluding hydrogens is 202 g/mol. The molecule has 1 radical (unpaired) electrons. The van der Waals surface area contributed by atoms with Crippen LogP contribution in [0.3, 0.4) is 0 Å². The Hall–Kier alpha value is -1.72. The number of hydrogen-bond acceptors (Lipinski definition) is 5. The molecule has 0 aromatic rings. The lowest BCUT2D eigenvalue weighted by atomic mass is 10.1. The van der Waals surface area contributed by atoms with E-state index in [1.54, 1.807) is 6.92 Å². The molecule has 0 saturated carbocycles. The molecule has 0 aliphatic carbocycles. The van der Waals surface area contributed by atoms with Crippen LogP contribution in [0.25, 0.3) is 0 Å². The van der Waals surface area contributed by atoms with E-state index in [1.165, 1.54) is 6.29 Å². The highest BCUT2D eigenvalue weighted by molar-refractivity contribution is 6.02. The molecule has 1 saturated heterocycles. The minimum atomic E-state index is -1.05. The van der Waals surface area contributed by atoms with Crippen LogP contribution in [-0.4, -0.2) is 29.1 Å². The molecule has 6 heteroatoms. The molecule has 0 aromatic heterocycles. The third kappa shape index (κ3) is 2.39. The first-order valence-corrected chi connectivity index (χ1v) is 4.55. The van der Waals surface area contributed by atoms with Crippen molar-refractivity contribution in [2.75, 3.05) is 0 Å². The van der Waals surface area contributed by atoms with Gasteiger partial charge in [0.1, 0.15) is 5.92 Å². The summed E-state index contributed by atoms with van der Waals surface area (Å²) in [6, 6.07) is 0. The second-order valence-electron chi connectivity index (χ2n) is 3.07. The second kappa shape index (κ2) is 4.68. The van der Waals surface area contributed by atoms with Crippen molar-refractivity contribution in [3.8, 4) is 0 Å². The van der Waals surface area contributed by atoms with Gasteiger partial charge >= 0.3 is 5.97 Å². The number of hydrogen-bond donors (Lipinski definition) is 0. The normalized spacial score (nSPS) is 17.8. The van der Waals surface area contributed by atoms with Gasteiger partial charge in [0, 0.05) is 12.8 Å². The Labute approximate surface area is 86.1 Å². The Morgan fingerprint density at radius 1 is 1.47 bits per heavy atom. The van der Waals surface area contributed by atoms with Gasteiger partial charge in [0.2, 0.25) is 6.29 Å². The van der Waals surface area contributed by atoms with Crippen molar-refractivity contribution in [3.05, 3.63) is 0 Å². The summed E-state index contributed by atoms with van der Waals surface area (Å²) in [5.41, 5.74) is 0. The molecule has 1 aliphatic heterocycles. The van der Waals surface area contributed by atoms with E-state index in [1.807, 2.05) is 0 Å². The minimum Gasteiger partial charge on any atom is -0.330 e. The highest BCUT2D eigenvalue weighted by Gasteiger charge is 2.34. The first-order valence-electron chi connectivity index (χ1n) is 4.55. The van der Waals surface area contributed by atoms with Gasteiger partial charge < -0.3 is 4.84 Å². The van der Waals surface area contributed by atoms with Crippen molar-refractivity contribution in [2.24, 2.45) is 5.92 Å². The molecule has 1 unspecified atom stereocenters. The van der Waals surface area contributed by atoms with E-state index in [-0.39, 0.29) is 19.3 Å². The number of imide groups is 1. The summed E-state index contributed by atoms with van der Waals surface area (Å²) in [6.07, 6.45) is 1.77. The highest BCUT2D eigenvalue weighted by Crippen LogP contribution is 2.14. The molecule has 15 heavy (non-hydrogen) atoms. The van der Waals surface area contributed by atoms with Crippen LogP contribution in [0.15, 0.2) is 0 Å². The molecule has 81 valence electrons. The summed E-state index contributed by atoms with van der Waals surface area (Å²) in [5, 5.41) is 0.419. The molecule has 2 amide bonds. The molecule has 0 N–H and O–H groups in total. The Morgan fingerprint density at radius 2 is 2.00 bits per heavy atom. The summed E-state index contributed by atoms with van der Waals surface area (Å²) < 4.78 is 0. The van der Waals surface area contributed by atoms with Crippen molar-refractivity contribution in [3.63, 3.8) is 0 Å². The molecule has 1 heterocycles. The molecule has 1 rings (SSSR count). The minimum absolute atomic E-state index is 0.0354. The monoisotopic (exact) mass is 212 g/mol. The first-order chi connectivity index (χ1) is 7.10. The van der Waals surface area contributed by atoms with E-state index in [2.05, 4.69) is 4.84 Å². The lowest BCUT2D eigenvalue weighted by Gasteiger charge is -2.14. The maximum atomic E-state index is 11.2. The van der Waals surface area contributed by atoms with E-state index in [0.717, 1.165) is 0 Å². The van der Waals surface area contributed by atoms with Gasteiger partial charge in [-0.15, -0.1) is 5.06 Å². The number of hydroxylamine groups is 2. The standard InChI is InChI=1S/C9H10NO5/c1-2-6(5-11)9(14)15-10-7(12)3-4-8(10)13/h6H,2-4H2,1H3. The Kier molecular flexibility index (Phi) is 3.54. The topological polar surface area (TPSA) is 80.8 Å². The van der Waals surface area contributed by atoms with Crippen molar-refractivity contribution < 1.29 is 24.0 Å². The van der Waals surface area contributed by atoms with Crippen LogP contribution in [0.1, 0.15) is 26.2 Å². The van der Waals surface area contributed by atoms with E-state index < -0.39 is 23.7 Å². The number of rotatable bonds is 4. The molecule has 0 spiro atoms. The molecule has 1 atom stereocenters. The van der Waals surface area contributed by atoms with Gasteiger partial charge in [-0.2, -0.15) is 0 Å². The first kappa shape index (κ1) is 11.4. The Morgan fingerprint density at radius 3 is 2.40 bits per heavy atom. The summed E-state index contributed by atoms with van der Waals surface area (Å²) in [5.74, 6) is -3.09. The fraction of sp³-hybridized carbons (Fsp3) is 0.556. The summed E-state index contributed by atoms with van der Waals surface area (Å²) in [4.78, 5) is 48.1. The highest BCUT2D eigenvalue weighted by atomic mass is 16.7. The molecule has 6 nitrogen and oxygen atoms in total. The maximum absolute atomic E-state index is 11.2. The fourth-order valence-corrected chi connectivity index (χ4v) is 1.11. The van der Waals surface area contributed by atoms with Crippen LogP contribution < -0.4 is 0 Å². The predicted molar refractivity (Wildman–Crippen MR) is 46.7 cm³/mol. The lowest BCUT2D eigenvalue weighted by Crippen LogP contribution is -2.34. The van der Waals surface area contributed by atoms with Crippen LogP contribution in [0.5, 0.6) is 0 Å². The zero-order valence-electron chi connectivity index (χ0n) is 8.19. The van der Waals surface area contributed by atoms with Crippen LogP contribution in [0.4, 0.5) is 0 Å². The van der Waals surface area contributed by atoms with E-state index >= 15 is 0 Å². The van der Waals surface area contributed by atoms with E-state index in [9.17, 15) is 19.2 Å². The summed E-state index contributed by atoms with van der Waals surface area (Å²) >= 11 is 0. The second-order valence-corrected chi connectivity index (χ2v) is 3.07. The molecule has 0 bridgehead atoms. The van der Waals surface area contributed by atoms with Crippen molar-refractivity contribution in [2.45, 2.75) is 26.2 Å². The van der Waals surface area contributed by atoms with Gasteiger partial charge in [0.15, 0.2) is 0 Å². The summed E-state index contributed by atoms with van der Waals surface area (Å²) in [7, 11) is 0. The van der Waals surface area contributed by atoms with Gasteiger partial charge in [-0.3, -0.25) is 14.4 Å². The third-order valence-electron chi connectivity index (χ3n) is 2.02. The van der Waals surface area contributed by atoms with Crippen LogP contribution >= 0.6 is 0 Å². The lowest BCUT2D eigenvalue weighted by molar-refractivity contribution is -0.199. The quantitative estimate of drug-likeness (QED) is 0.473. The number of amides is 2. The zero-order valence-corrected chi connectivity index (χ0v) is 8.19. The maximum Gasteiger partial charge on any atom is 0.344 e. The van der Waals surface area contributed by atoms with E-state index in [0.29, 0.717) is 5.06 Å². The zero-order chi connectivity index (χ0) is 11.4. The molecule has 1 fully saturated rings. The van der Waals surface area contributed by atoms with Gasteiger partial charge in [-0.05, 0) is 6.42 Å². The molecule has 0 aromatic carbocycles. The average molecular weight is 212 g/mol. The van der Waals surface area contributed by atoms with Crippen molar-refractivity contribution in [1.29, 1.82) is 0 Å². The number of carbonyl (C=O) groups is 3. The van der Waals surface area contributed by atoms with Gasteiger partial charge in [-0.1, -0.05) is 6.92 Å². The average Bonchev–Trinajstić information content (AvgIpc) is 2.51. The van der Waals surface area contributed by atoms with Crippen molar-refractivity contribution >= 4 is 24.1 Å². The fourth-order valence-electron chi connectivity index (χ4n) is 1.11. The SMILES string of the molecule is CCC([C]=O)C(=O)ON1C(=O)CCC1=O. The molecular formula is C9H10NO5. The van der Waals surface area contributed by atoms with Crippen molar-refractivity contribution in [1.82, 2.24) is 5.06 Å². The smallest absolute Gasteiger partial charge is 0.330 e. The van der Waals surface area contributed by atoms with Crippen LogP contribution in [-0.2, 0) is 24.0 Å². The van der Waals surface area contributed by atoms with Crippen LogP contribution in [0.2, 0.25) is 0 Å². The largest absolute Gasteiger partial charge is 0.344 e. The Bertz CT molecular complexity index is 296. The van der Waals surface area contributed by atoms with Gasteiger partial charge in [0.25, 0.3) is 11.8 Å². The third-order valence-corrected chi connectivity index (χ3v) is 2.02.